The van der Waals surface area contributed by atoms with Crippen LogP contribution in [0.15, 0.2) is 103 Å². The summed E-state index contributed by atoms with van der Waals surface area (Å²) in [5.74, 6) is 0.571. The number of hydrogen-bond donors (Lipinski definition) is 0. The van der Waals surface area contributed by atoms with Crippen LogP contribution in [0.3, 0.4) is 0 Å². The highest BCUT2D eigenvalue weighted by molar-refractivity contribution is 5.79. The molecule has 33 heavy (non-hydrogen) atoms. The summed E-state index contributed by atoms with van der Waals surface area (Å²) in [6.45, 7) is 1.96. The first-order valence-electron chi connectivity index (χ1n) is 11.0. The number of ketones is 1. The van der Waals surface area contributed by atoms with Crippen LogP contribution >= 0.6 is 0 Å². The molecule has 0 saturated heterocycles. The van der Waals surface area contributed by atoms with Gasteiger partial charge in [-0.05, 0) is 30.2 Å². The minimum atomic E-state index is -1.15. The topological polar surface area (TPSA) is 44.8 Å². The van der Waals surface area contributed by atoms with Gasteiger partial charge in [0.1, 0.15) is 12.4 Å². The largest absolute Gasteiger partial charge is 0.485 e. The highest BCUT2D eigenvalue weighted by atomic mass is 16.7. The maximum absolute atomic E-state index is 11.9. The van der Waals surface area contributed by atoms with Crippen LogP contribution in [0, 0.1) is 0 Å². The van der Waals surface area contributed by atoms with Gasteiger partial charge in [0, 0.05) is 17.5 Å². The molecule has 5 rings (SSSR count). The van der Waals surface area contributed by atoms with E-state index in [4.69, 9.17) is 14.2 Å². The number of Topliss-reactive ketones (excluding diaryl/α,β-unsaturated/α-hetero) is 1. The molecule has 1 aliphatic heterocycles. The Labute approximate surface area is 193 Å². The first kappa shape index (κ1) is 20.8. The molecule has 164 valence electrons. The van der Waals surface area contributed by atoms with Crippen LogP contribution in [-0.4, -0.2) is 5.78 Å². The molecule has 4 heteroatoms. The number of ether oxygens (including phenoxy) is 3. The van der Waals surface area contributed by atoms with Crippen LogP contribution in [0.4, 0.5) is 0 Å². The van der Waals surface area contributed by atoms with E-state index in [2.05, 4.69) is 0 Å². The van der Waals surface area contributed by atoms with Crippen molar-refractivity contribution in [3.63, 3.8) is 0 Å². The lowest BCUT2D eigenvalue weighted by Gasteiger charge is -2.28. The van der Waals surface area contributed by atoms with E-state index >= 15 is 0 Å². The lowest BCUT2D eigenvalue weighted by Crippen LogP contribution is -2.36. The van der Waals surface area contributed by atoms with Crippen molar-refractivity contribution in [2.45, 2.75) is 25.7 Å². The van der Waals surface area contributed by atoms with Crippen molar-refractivity contribution in [3.8, 4) is 17.2 Å². The van der Waals surface area contributed by atoms with Gasteiger partial charge in [-0.1, -0.05) is 91.0 Å². The molecule has 0 radical (unpaired) electrons. The Morgan fingerprint density at radius 2 is 1.33 bits per heavy atom. The first-order chi connectivity index (χ1) is 16.1. The van der Waals surface area contributed by atoms with Crippen LogP contribution in [0.5, 0.6) is 17.2 Å². The Morgan fingerprint density at radius 3 is 1.91 bits per heavy atom. The van der Waals surface area contributed by atoms with Crippen LogP contribution < -0.4 is 14.2 Å². The van der Waals surface area contributed by atoms with Gasteiger partial charge in [0.25, 0.3) is 0 Å². The molecule has 4 aromatic rings. The van der Waals surface area contributed by atoms with Gasteiger partial charge in [-0.3, -0.25) is 4.79 Å². The average Bonchev–Trinajstić information content (AvgIpc) is 3.25. The van der Waals surface area contributed by atoms with Gasteiger partial charge in [0.2, 0.25) is 5.75 Å². The normalized spacial score (nSPS) is 13.5. The summed E-state index contributed by atoms with van der Waals surface area (Å²) < 4.78 is 19.4. The van der Waals surface area contributed by atoms with Gasteiger partial charge in [0.05, 0.1) is 0 Å². The van der Waals surface area contributed by atoms with Crippen LogP contribution in [0.25, 0.3) is 0 Å². The monoisotopic (exact) mass is 436 g/mol. The fourth-order valence-corrected chi connectivity index (χ4v) is 4.08. The lowest BCUT2D eigenvalue weighted by atomic mass is 9.97. The Morgan fingerprint density at radius 1 is 0.758 bits per heavy atom. The quantitative estimate of drug-likeness (QED) is 0.353. The Bertz CT molecular complexity index is 1210. The van der Waals surface area contributed by atoms with E-state index in [9.17, 15) is 4.79 Å². The molecule has 1 aliphatic rings. The van der Waals surface area contributed by atoms with Crippen molar-refractivity contribution in [1.29, 1.82) is 0 Å². The second-order valence-electron chi connectivity index (χ2n) is 8.13. The molecule has 0 N–H and O–H groups in total. The zero-order valence-electron chi connectivity index (χ0n) is 18.4. The van der Waals surface area contributed by atoms with Crippen molar-refractivity contribution >= 4 is 5.78 Å². The summed E-state index contributed by atoms with van der Waals surface area (Å²) in [5, 5.41) is 0. The molecule has 0 saturated carbocycles. The Hall–Kier alpha value is -4.05. The molecule has 0 atom stereocenters. The highest BCUT2D eigenvalue weighted by Crippen LogP contribution is 2.52. The van der Waals surface area contributed by atoms with E-state index < -0.39 is 5.79 Å². The van der Waals surface area contributed by atoms with Crippen molar-refractivity contribution < 1.29 is 19.0 Å². The average molecular weight is 437 g/mol. The number of fused-ring (bicyclic) bond motifs is 1. The van der Waals surface area contributed by atoms with E-state index in [1.807, 2.05) is 103 Å². The summed E-state index contributed by atoms with van der Waals surface area (Å²) >= 11 is 0. The van der Waals surface area contributed by atoms with E-state index in [1.165, 1.54) is 0 Å². The second kappa shape index (κ2) is 8.83. The van der Waals surface area contributed by atoms with Gasteiger partial charge in [-0.25, -0.2) is 0 Å². The maximum atomic E-state index is 11.9. The van der Waals surface area contributed by atoms with Gasteiger partial charge in [-0.2, -0.15) is 0 Å². The SMILES string of the molecule is CC(=O)Cc1cc(OCc2ccccc2)c2c(c1)OC(c1ccccc1)(c1ccccc1)O2. The molecular formula is C29H24O4. The minimum absolute atomic E-state index is 0.0697. The van der Waals surface area contributed by atoms with E-state index in [0.29, 0.717) is 30.3 Å². The summed E-state index contributed by atoms with van der Waals surface area (Å²) in [5.41, 5.74) is 3.61. The Kier molecular flexibility index (Phi) is 5.57. The molecule has 0 bridgehead atoms. The molecule has 4 nitrogen and oxygen atoms in total. The molecule has 0 amide bonds. The van der Waals surface area contributed by atoms with Crippen LogP contribution in [-0.2, 0) is 23.6 Å². The van der Waals surface area contributed by atoms with E-state index in [0.717, 1.165) is 22.3 Å². The number of hydrogen-bond acceptors (Lipinski definition) is 4. The zero-order chi connectivity index (χ0) is 22.7. The fourth-order valence-electron chi connectivity index (χ4n) is 4.08. The molecular weight excluding hydrogens is 412 g/mol. The van der Waals surface area contributed by atoms with Gasteiger partial charge in [0.15, 0.2) is 11.5 Å². The smallest absolute Gasteiger partial charge is 0.305 e. The minimum Gasteiger partial charge on any atom is -0.485 e. The van der Waals surface area contributed by atoms with Gasteiger partial charge >= 0.3 is 5.79 Å². The van der Waals surface area contributed by atoms with Crippen molar-refractivity contribution in [2.24, 2.45) is 0 Å². The number of carbonyl (C=O) groups excluding carboxylic acids is 1. The summed E-state index contributed by atoms with van der Waals surface area (Å²) in [7, 11) is 0. The summed E-state index contributed by atoms with van der Waals surface area (Å²) in [6.07, 6.45) is 0.294. The zero-order valence-corrected chi connectivity index (χ0v) is 18.4. The predicted molar refractivity (Wildman–Crippen MR) is 127 cm³/mol. The highest BCUT2D eigenvalue weighted by Gasteiger charge is 2.47. The van der Waals surface area contributed by atoms with Crippen LogP contribution in [0.1, 0.15) is 29.2 Å². The molecule has 0 aliphatic carbocycles. The second-order valence-corrected chi connectivity index (χ2v) is 8.13. The molecule has 0 unspecified atom stereocenters. The number of carbonyl (C=O) groups is 1. The van der Waals surface area contributed by atoms with Gasteiger partial charge < -0.3 is 14.2 Å². The maximum Gasteiger partial charge on any atom is 0.305 e. The van der Waals surface area contributed by atoms with E-state index in [1.54, 1.807) is 6.92 Å². The molecule has 4 aromatic carbocycles. The summed E-state index contributed by atoms with van der Waals surface area (Å²) in [6, 6.07) is 33.4. The number of rotatable bonds is 7. The standard InChI is InChI=1S/C29H24O4/c1-21(30)17-23-18-26(31-20-22-11-5-2-6-12-22)28-27(19-23)32-29(33-28,24-13-7-3-8-14-24)25-15-9-4-10-16-25/h2-16,18-19H,17,20H2,1H3. The van der Waals surface area contributed by atoms with E-state index in [-0.39, 0.29) is 5.78 Å². The third-order valence-electron chi connectivity index (χ3n) is 5.58. The third kappa shape index (κ3) is 4.20. The Balaban J connectivity index is 1.59. The van der Waals surface area contributed by atoms with Crippen molar-refractivity contribution in [2.75, 3.05) is 0 Å². The molecule has 1 heterocycles. The van der Waals surface area contributed by atoms with Crippen LogP contribution in [0.2, 0.25) is 0 Å². The van der Waals surface area contributed by atoms with Crippen molar-refractivity contribution in [3.05, 3.63) is 125 Å². The molecule has 0 fully saturated rings. The third-order valence-corrected chi connectivity index (χ3v) is 5.58. The van der Waals surface area contributed by atoms with Gasteiger partial charge in [-0.15, -0.1) is 0 Å². The fraction of sp³-hybridized carbons (Fsp3) is 0.138. The summed E-state index contributed by atoms with van der Waals surface area (Å²) in [4.78, 5) is 11.9. The van der Waals surface area contributed by atoms with Crippen molar-refractivity contribution in [1.82, 2.24) is 0 Å². The first-order valence-corrected chi connectivity index (χ1v) is 11.0. The predicted octanol–water partition coefficient (Wildman–Crippen LogP) is 6.07. The number of benzene rings is 4. The lowest BCUT2D eigenvalue weighted by molar-refractivity contribution is -0.116. The molecule has 0 aromatic heterocycles. The molecule has 0 spiro atoms.